The first-order valence-electron chi connectivity index (χ1n) is 4.89. The molecule has 8 nitrogen and oxygen atoms in total. The Morgan fingerprint density at radius 1 is 1.35 bits per heavy atom. The Bertz CT molecular complexity index is 364. The molecule has 0 bridgehead atoms. The number of aliphatic hydroxyl groups excluding tert-OH is 4. The molecule has 0 aromatic rings. The van der Waals surface area contributed by atoms with Crippen molar-refractivity contribution in [2.24, 2.45) is 0 Å². The summed E-state index contributed by atoms with van der Waals surface area (Å²) in [7, 11) is 0. The summed E-state index contributed by atoms with van der Waals surface area (Å²) in [5.41, 5.74) is -1.97. The van der Waals surface area contributed by atoms with Gasteiger partial charge in [-0.3, -0.25) is 10.1 Å². The monoisotopic (exact) mass is 264 g/mol. The predicted octanol–water partition coefficient (Wildman–Crippen LogP) is -3.84. The Labute approximate surface area is 101 Å². The number of carbonyl (C=O) groups is 1. The fourth-order valence-electron chi connectivity index (χ4n) is 1.91. The van der Waals surface area contributed by atoms with Crippen molar-refractivity contribution in [3.8, 4) is 0 Å². The number of rotatable bonds is 1. The van der Waals surface area contributed by atoms with E-state index in [0.717, 1.165) is 0 Å². The second-order valence-corrected chi connectivity index (χ2v) is 4.32. The summed E-state index contributed by atoms with van der Waals surface area (Å²) in [6, 6.07) is 0. The molecule has 0 saturated carbocycles. The zero-order valence-corrected chi connectivity index (χ0v) is 9.35. The predicted molar refractivity (Wildman–Crippen MR) is 56.6 cm³/mol. The molecule has 1 spiro atoms. The Balaban J connectivity index is 2.34. The fraction of sp³-hybridized carbons (Fsp3) is 0.750. The third kappa shape index (κ3) is 1.71. The molecular formula is C8H12N2O6S. The summed E-state index contributed by atoms with van der Waals surface area (Å²) in [6.07, 6.45) is -6.04. The molecule has 17 heavy (non-hydrogen) atoms. The quantitative estimate of drug-likeness (QED) is 0.265. The molecule has 2 fully saturated rings. The third-order valence-corrected chi connectivity index (χ3v) is 3.06. The fourth-order valence-corrected chi connectivity index (χ4v) is 2.16. The molecule has 4 unspecified atom stereocenters. The average Bonchev–Trinajstić information content (AvgIpc) is 2.57. The minimum absolute atomic E-state index is 0.0608. The van der Waals surface area contributed by atoms with E-state index in [-0.39, 0.29) is 5.11 Å². The van der Waals surface area contributed by atoms with Crippen LogP contribution in [-0.4, -0.2) is 68.2 Å². The number of aliphatic hydroxyl groups is 4. The second-order valence-electron chi connectivity index (χ2n) is 3.91. The summed E-state index contributed by atoms with van der Waals surface area (Å²) in [4.78, 5) is 11.7. The summed E-state index contributed by atoms with van der Waals surface area (Å²) in [6.45, 7) is -0.617. The Hall–Kier alpha value is -0.840. The van der Waals surface area contributed by atoms with Crippen molar-refractivity contribution in [3.05, 3.63) is 0 Å². The van der Waals surface area contributed by atoms with Gasteiger partial charge in [0.15, 0.2) is 5.11 Å². The number of amides is 1. The highest BCUT2D eigenvalue weighted by Gasteiger charge is 2.61. The van der Waals surface area contributed by atoms with Crippen LogP contribution < -0.4 is 10.6 Å². The van der Waals surface area contributed by atoms with Crippen molar-refractivity contribution in [1.29, 1.82) is 0 Å². The molecule has 0 radical (unpaired) electrons. The summed E-state index contributed by atoms with van der Waals surface area (Å²) < 4.78 is 5.14. The van der Waals surface area contributed by atoms with Gasteiger partial charge in [-0.2, -0.15) is 0 Å². The van der Waals surface area contributed by atoms with Gasteiger partial charge in [0.2, 0.25) is 0 Å². The smallest absolute Gasteiger partial charge is 0.282 e. The van der Waals surface area contributed by atoms with Crippen LogP contribution >= 0.6 is 12.2 Å². The topological polar surface area (TPSA) is 131 Å². The molecule has 2 heterocycles. The third-order valence-electron chi connectivity index (χ3n) is 2.85. The molecule has 0 aliphatic carbocycles. The number of ether oxygens (including phenoxy) is 1. The van der Waals surface area contributed by atoms with E-state index in [1.165, 1.54) is 0 Å². The lowest BCUT2D eigenvalue weighted by molar-refractivity contribution is -0.267. The van der Waals surface area contributed by atoms with E-state index in [2.05, 4.69) is 10.6 Å². The summed E-state index contributed by atoms with van der Waals surface area (Å²) in [5.74, 6) is -0.778. The van der Waals surface area contributed by atoms with E-state index in [0.29, 0.717) is 0 Å². The van der Waals surface area contributed by atoms with Crippen LogP contribution in [0, 0.1) is 0 Å². The first-order valence-corrected chi connectivity index (χ1v) is 5.29. The molecule has 1 amide bonds. The standard InChI is InChI=1S/C8H12N2O6S/c11-1-2-3(12)4(13)5(14)8(16-2)6(15)9-7(17)10-8/h2-5,11-14H,1H2,(H2,9,10,15,17)/t2?,3?,4?,5?,8-/m0/s1. The van der Waals surface area contributed by atoms with Gasteiger partial charge < -0.3 is 30.5 Å². The molecule has 2 aliphatic rings. The molecule has 2 rings (SSSR count). The molecular weight excluding hydrogens is 252 g/mol. The van der Waals surface area contributed by atoms with Crippen LogP contribution in [0.2, 0.25) is 0 Å². The van der Waals surface area contributed by atoms with E-state index in [1.54, 1.807) is 0 Å². The number of carbonyl (C=O) groups excluding carboxylic acids is 1. The van der Waals surface area contributed by atoms with E-state index in [9.17, 15) is 20.1 Å². The highest BCUT2D eigenvalue weighted by Crippen LogP contribution is 2.30. The van der Waals surface area contributed by atoms with E-state index >= 15 is 0 Å². The Morgan fingerprint density at radius 2 is 2.00 bits per heavy atom. The maximum Gasteiger partial charge on any atom is 0.282 e. The van der Waals surface area contributed by atoms with E-state index in [1.807, 2.05) is 0 Å². The number of nitrogens with one attached hydrogen (secondary N) is 2. The molecule has 2 aliphatic heterocycles. The lowest BCUT2D eigenvalue weighted by Gasteiger charge is -2.44. The van der Waals surface area contributed by atoms with Crippen molar-refractivity contribution in [3.63, 3.8) is 0 Å². The van der Waals surface area contributed by atoms with E-state index in [4.69, 9.17) is 22.1 Å². The van der Waals surface area contributed by atoms with Gasteiger partial charge in [0.05, 0.1) is 6.61 Å². The molecule has 96 valence electrons. The van der Waals surface area contributed by atoms with Crippen LogP contribution in [-0.2, 0) is 9.53 Å². The van der Waals surface area contributed by atoms with Crippen molar-refractivity contribution >= 4 is 23.2 Å². The first kappa shape index (κ1) is 12.6. The van der Waals surface area contributed by atoms with Crippen LogP contribution in [0.1, 0.15) is 0 Å². The molecule has 0 aromatic heterocycles. The molecule has 6 N–H and O–H groups in total. The van der Waals surface area contributed by atoms with Gasteiger partial charge in [0, 0.05) is 0 Å². The average molecular weight is 264 g/mol. The summed E-state index contributed by atoms with van der Waals surface area (Å²) >= 11 is 4.70. The van der Waals surface area contributed by atoms with Crippen LogP contribution in [0.3, 0.4) is 0 Å². The van der Waals surface area contributed by atoms with Crippen molar-refractivity contribution in [2.45, 2.75) is 30.1 Å². The van der Waals surface area contributed by atoms with Crippen molar-refractivity contribution in [1.82, 2.24) is 10.6 Å². The van der Waals surface area contributed by atoms with Crippen LogP contribution in [0.15, 0.2) is 0 Å². The minimum atomic E-state index is -1.97. The number of hydrogen-bond donors (Lipinski definition) is 6. The van der Waals surface area contributed by atoms with Crippen molar-refractivity contribution < 1.29 is 30.0 Å². The molecule has 2 saturated heterocycles. The largest absolute Gasteiger partial charge is 0.394 e. The van der Waals surface area contributed by atoms with Gasteiger partial charge in [0.1, 0.15) is 24.4 Å². The Morgan fingerprint density at radius 3 is 2.47 bits per heavy atom. The van der Waals surface area contributed by atoms with Gasteiger partial charge in [-0.05, 0) is 12.2 Å². The van der Waals surface area contributed by atoms with Gasteiger partial charge >= 0.3 is 0 Å². The maximum absolute atomic E-state index is 11.7. The normalized spacial score (nSPS) is 45.9. The minimum Gasteiger partial charge on any atom is -0.394 e. The van der Waals surface area contributed by atoms with Crippen LogP contribution in [0.25, 0.3) is 0 Å². The summed E-state index contributed by atoms with van der Waals surface area (Å²) in [5, 5.41) is 42.5. The lowest BCUT2D eigenvalue weighted by Crippen LogP contribution is -2.71. The lowest BCUT2D eigenvalue weighted by atomic mass is 9.90. The molecule has 9 heteroatoms. The van der Waals surface area contributed by atoms with E-state index < -0.39 is 42.7 Å². The van der Waals surface area contributed by atoms with Crippen LogP contribution in [0.5, 0.6) is 0 Å². The zero-order valence-electron chi connectivity index (χ0n) is 8.53. The molecule has 5 atom stereocenters. The highest BCUT2D eigenvalue weighted by atomic mass is 32.1. The number of thiocarbonyl (C=S) groups is 1. The molecule has 0 aromatic carbocycles. The Kier molecular flexibility index (Phi) is 3.06. The van der Waals surface area contributed by atoms with Gasteiger partial charge in [-0.15, -0.1) is 0 Å². The van der Waals surface area contributed by atoms with Gasteiger partial charge in [-0.1, -0.05) is 0 Å². The second kappa shape index (κ2) is 4.12. The van der Waals surface area contributed by atoms with Gasteiger partial charge in [0.25, 0.3) is 11.6 Å². The maximum atomic E-state index is 11.7. The van der Waals surface area contributed by atoms with Crippen molar-refractivity contribution in [2.75, 3.05) is 6.61 Å². The van der Waals surface area contributed by atoms with Crippen LogP contribution in [0.4, 0.5) is 0 Å². The number of hydrogen-bond acceptors (Lipinski definition) is 7. The highest BCUT2D eigenvalue weighted by molar-refractivity contribution is 7.80. The van der Waals surface area contributed by atoms with Gasteiger partial charge in [-0.25, -0.2) is 0 Å². The zero-order chi connectivity index (χ0) is 12.8. The first-order chi connectivity index (χ1) is 7.92. The SMILES string of the molecule is O=C1NC(=S)N[C@@]12OC(CO)C(O)C(O)C2O.